The van der Waals surface area contributed by atoms with E-state index in [1.807, 2.05) is 32.0 Å². The zero-order chi connectivity index (χ0) is 12.3. The molecular weight excluding hydrogens is 216 g/mol. The number of H-pyrrole nitrogens is 1. The molecule has 5 heteroatoms. The van der Waals surface area contributed by atoms with Gasteiger partial charge < -0.3 is 5.32 Å². The number of pyridine rings is 1. The first kappa shape index (κ1) is 11.3. The first-order valence-electron chi connectivity index (χ1n) is 5.25. The van der Waals surface area contributed by atoms with Gasteiger partial charge in [0.2, 0.25) is 5.91 Å². The normalized spacial score (nSPS) is 11.2. The van der Waals surface area contributed by atoms with Gasteiger partial charge >= 0.3 is 0 Å². The van der Waals surface area contributed by atoms with E-state index in [2.05, 4.69) is 26.7 Å². The highest BCUT2D eigenvalue weighted by Gasteiger charge is 2.31. The number of aromatic amines is 1. The van der Waals surface area contributed by atoms with Crippen molar-refractivity contribution >= 4 is 11.7 Å². The van der Waals surface area contributed by atoms with Crippen LogP contribution >= 0.6 is 0 Å². The van der Waals surface area contributed by atoms with Crippen LogP contribution in [0.1, 0.15) is 19.5 Å². The van der Waals surface area contributed by atoms with E-state index >= 15 is 0 Å². The topological polar surface area (TPSA) is 70.7 Å². The summed E-state index contributed by atoms with van der Waals surface area (Å²) in [6.07, 6.45) is 4.33. The van der Waals surface area contributed by atoms with Crippen LogP contribution in [-0.2, 0) is 10.2 Å². The SMILES string of the molecule is CC(C)(C(=O)Nc1c[c][nH]n1)c1ccccn1. The molecule has 17 heavy (non-hydrogen) atoms. The molecule has 0 spiro atoms. The molecule has 0 unspecified atom stereocenters. The molecule has 0 atom stereocenters. The summed E-state index contributed by atoms with van der Waals surface area (Å²) in [6, 6.07) is 7.09. The van der Waals surface area contributed by atoms with E-state index in [1.54, 1.807) is 12.3 Å². The lowest BCUT2D eigenvalue weighted by Crippen LogP contribution is -2.35. The molecule has 0 aliphatic rings. The Bertz CT molecular complexity index is 490. The fourth-order valence-electron chi connectivity index (χ4n) is 1.41. The first-order valence-corrected chi connectivity index (χ1v) is 5.25. The molecule has 2 heterocycles. The molecule has 1 amide bonds. The minimum absolute atomic E-state index is 0.156. The summed E-state index contributed by atoms with van der Waals surface area (Å²) >= 11 is 0. The molecule has 2 N–H and O–H groups in total. The summed E-state index contributed by atoms with van der Waals surface area (Å²) in [5, 5.41) is 9.06. The van der Waals surface area contributed by atoms with Crippen LogP contribution in [0.5, 0.6) is 0 Å². The van der Waals surface area contributed by atoms with Crippen LogP contribution in [0.2, 0.25) is 0 Å². The van der Waals surface area contributed by atoms with Crippen molar-refractivity contribution in [3.05, 3.63) is 42.4 Å². The summed E-state index contributed by atoms with van der Waals surface area (Å²) in [6.45, 7) is 3.64. The molecule has 0 saturated heterocycles. The summed E-state index contributed by atoms with van der Waals surface area (Å²) in [4.78, 5) is 16.3. The van der Waals surface area contributed by atoms with Crippen molar-refractivity contribution in [3.8, 4) is 0 Å². The molecule has 0 aromatic carbocycles. The van der Waals surface area contributed by atoms with Gasteiger partial charge in [-0.15, -0.1) is 0 Å². The molecule has 2 rings (SSSR count). The number of nitrogens with one attached hydrogen (secondary N) is 2. The second-order valence-electron chi connectivity index (χ2n) is 4.19. The van der Waals surface area contributed by atoms with Gasteiger partial charge in [0.25, 0.3) is 0 Å². The molecule has 87 valence electrons. The smallest absolute Gasteiger partial charge is 0.237 e. The monoisotopic (exact) mass is 229 g/mol. The van der Waals surface area contributed by atoms with E-state index in [1.165, 1.54) is 0 Å². The zero-order valence-corrected chi connectivity index (χ0v) is 9.69. The van der Waals surface area contributed by atoms with Gasteiger partial charge in [-0.25, -0.2) is 0 Å². The quantitative estimate of drug-likeness (QED) is 0.838. The lowest BCUT2D eigenvalue weighted by molar-refractivity contribution is -0.120. The van der Waals surface area contributed by atoms with Crippen LogP contribution in [-0.4, -0.2) is 21.1 Å². The fourth-order valence-corrected chi connectivity index (χ4v) is 1.41. The zero-order valence-electron chi connectivity index (χ0n) is 9.69. The number of aromatic nitrogens is 3. The van der Waals surface area contributed by atoms with Crippen molar-refractivity contribution in [1.82, 2.24) is 15.2 Å². The Morgan fingerprint density at radius 2 is 2.29 bits per heavy atom. The van der Waals surface area contributed by atoms with E-state index in [0.29, 0.717) is 5.82 Å². The van der Waals surface area contributed by atoms with Crippen LogP contribution in [0.25, 0.3) is 0 Å². The highest BCUT2D eigenvalue weighted by Crippen LogP contribution is 2.22. The van der Waals surface area contributed by atoms with Crippen molar-refractivity contribution in [2.24, 2.45) is 0 Å². The van der Waals surface area contributed by atoms with Gasteiger partial charge in [-0.2, -0.15) is 5.10 Å². The van der Waals surface area contributed by atoms with Gasteiger partial charge in [-0.3, -0.25) is 14.9 Å². The standard InChI is InChI=1S/C12H13N4O/c1-12(2,9-5-3-4-7-13-9)11(17)15-10-6-8-14-16-10/h3-7H,1-2H3,(H2,14,15,16,17). The van der Waals surface area contributed by atoms with Gasteiger partial charge in [0.1, 0.15) is 0 Å². The number of nitrogens with zero attached hydrogens (tertiary/aromatic N) is 2. The van der Waals surface area contributed by atoms with Gasteiger partial charge in [-0.05, 0) is 26.0 Å². The van der Waals surface area contributed by atoms with E-state index in [-0.39, 0.29) is 5.91 Å². The number of carbonyl (C=O) groups excluding carboxylic acids is 1. The molecule has 2 aromatic rings. The number of hydrogen-bond donors (Lipinski definition) is 2. The molecule has 0 fully saturated rings. The number of amides is 1. The molecule has 0 saturated carbocycles. The van der Waals surface area contributed by atoms with Gasteiger partial charge in [0.05, 0.1) is 17.3 Å². The van der Waals surface area contributed by atoms with Crippen LogP contribution in [0.4, 0.5) is 5.82 Å². The first-order chi connectivity index (χ1) is 8.10. The number of hydrogen-bond acceptors (Lipinski definition) is 3. The third-order valence-corrected chi connectivity index (χ3v) is 2.56. The fraction of sp³-hybridized carbons (Fsp3) is 0.250. The molecule has 0 aliphatic heterocycles. The number of rotatable bonds is 3. The third kappa shape index (κ3) is 2.33. The lowest BCUT2D eigenvalue weighted by atomic mass is 9.87. The van der Waals surface area contributed by atoms with E-state index in [4.69, 9.17) is 0 Å². The van der Waals surface area contributed by atoms with E-state index < -0.39 is 5.41 Å². The van der Waals surface area contributed by atoms with E-state index in [9.17, 15) is 4.79 Å². The van der Waals surface area contributed by atoms with E-state index in [0.717, 1.165) is 5.69 Å². The third-order valence-electron chi connectivity index (χ3n) is 2.56. The molecule has 1 radical (unpaired) electrons. The van der Waals surface area contributed by atoms with Gasteiger partial charge in [0, 0.05) is 12.3 Å². The molecule has 0 bridgehead atoms. The maximum Gasteiger partial charge on any atom is 0.237 e. The van der Waals surface area contributed by atoms with Crippen LogP contribution < -0.4 is 5.32 Å². The second-order valence-corrected chi connectivity index (χ2v) is 4.19. The molecular formula is C12H13N4O. The Morgan fingerprint density at radius 3 is 2.88 bits per heavy atom. The number of carbonyl (C=O) groups is 1. The Kier molecular flexibility index (Phi) is 2.91. The summed E-state index contributed by atoms with van der Waals surface area (Å²) in [5.74, 6) is 0.302. The predicted molar refractivity (Wildman–Crippen MR) is 63.3 cm³/mol. The highest BCUT2D eigenvalue weighted by atomic mass is 16.2. The lowest BCUT2D eigenvalue weighted by Gasteiger charge is -2.22. The largest absolute Gasteiger partial charge is 0.308 e. The second kappa shape index (κ2) is 4.37. The maximum absolute atomic E-state index is 12.1. The summed E-state index contributed by atoms with van der Waals surface area (Å²) < 4.78 is 0. The van der Waals surface area contributed by atoms with Crippen molar-refractivity contribution in [3.63, 3.8) is 0 Å². The predicted octanol–water partition coefficient (Wildman–Crippen LogP) is 1.52. The van der Waals surface area contributed by atoms with Gasteiger partial charge in [-0.1, -0.05) is 6.07 Å². The minimum Gasteiger partial charge on any atom is -0.308 e. The molecule has 5 nitrogen and oxygen atoms in total. The Balaban J connectivity index is 2.18. The Labute approximate surface area is 99.3 Å². The Hall–Kier alpha value is -2.17. The number of anilines is 1. The van der Waals surface area contributed by atoms with Crippen LogP contribution in [0.15, 0.2) is 30.5 Å². The summed E-state index contributed by atoms with van der Waals surface area (Å²) in [7, 11) is 0. The van der Waals surface area contributed by atoms with Crippen molar-refractivity contribution in [2.75, 3.05) is 5.32 Å². The van der Waals surface area contributed by atoms with Crippen LogP contribution in [0, 0.1) is 6.20 Å². The van der Waals surface area contributed by atoms with Crippen molar-refractivity contribution in [2.45, 2.75) is 19.3 Å². The average molecular weight is 229 g/mol. The minimum atomic E-state index is -0.708. The van der Waals surface area contributed by atoms with Crippen LogP contribution in [0.3, 0.4) is 0 Å². The van der Waals surface area contributed by atoms with Crippen molar-refractivity contribution < 1.29 is 4.79 Å². The van der Waals surface area contributed by atoms with Gasteiger partial charge in [0.15, 0.2) is 5.82 Å². The summed E-state index contributed by atoms with van der Waals surface area (Å²) in [5.41, 5.74) is 0.0113. The average Bonchev–Trinajstić information content (AvgIpc) is 2.83. The molecule has 0 aliphatic carbocycles. The Morgan fingerprint density at radius 1 is 1.47 bits per heavy atom. The van der Waals surface area contributed by atoms with Crippen molar-refractivity contribution in [1.29, 1.82) is 0 Å². The highest BCUT2D eigenvalue weighted by molar-refractivity contribution is 5.97. The molecule has 2 aromatic heterocycles. The maximum atomic E-state index is 12.1.